The molecule has 1 aromatic heterocycles. The molecule has 0 unspecified atom stereocenters. The van der Waals surface area contributed by atoms with Crippen LogP contribution in [0.4, 0.5) is 4.39 Å². The van der Waals surface area contributed by atoms with E-state index in [-0.39, 0.29) is 5.82 Å². The SMILES string of the molecule is Cc1ccc(F)c(-c2cc(C(N)=O)ccn2)c1. The Morgan fingerprint density at radius 3 is 2.76 bits per heavy atom. The Bertz CT molecular complexity index is 581. The molecular weight excluding hydrogens is 219 g/mol. The molecule has 0 radical (unpaired) electrons. The topological polar surface area (TPSA) is 56.0 Å². The predicted molar refractivity (Wildman–Crippen MR) is 62.9 cm³/mol. The van der Waals surface area contributed by atoms with Crippen molar-refractivity contribution < 1.29 is 9.18 Å². The molecule has 0 saturated carbocycles. The third kappa shape index (κ3) is 2.30. The second kappa shape index (κ2) is 4.33. The molecule has 2 N–H and O–H groups in total. The molecule has 17 heavy (non-hydrogen) atoms. The van der Waals surface area contributed by atoms with Crippen molar-refractivity contribution in [3.63, 3.8) is 0 Å². The number of nitrogens with two attached hydrogens (primary N) is 1. The van der Waals surface area contributed by atoms with Crippen LogP contribution in [0.15, 0.2) is 36.5 Å². The number of aromatic nitrogens is 1. The van der Waals surface area contributed by atoms with E-state index in [1.165, 1.54) is 24.4 Å². The maximum atomic E-state index is 13.6. The lowest BCUT2D eigenvalue weighted by molar-refractivity contribution is 0.1000. The maximum Gasteiger partial charge on any atom is 0.248 e. The molecule has 0 bridgehead atoms. The summed E-state index contributed by atoms with van der Waals surface area (Å²) >= 11 is 0. The van der Waals surface area contributed by atoms with Crippen LogP contribution >= 0.6 is 0 Å². The molecule has 0 spiro atoms. The summed E-state index contributed by atoms with van der Waals surface area (Å²) < 4.78 is 13.6. The Morgan fingerprint density at radius 1 is 1.29 bits per heavy atom. The first-order chi connectivity index (χ1) is 8.08. The molecule has 2 aromatic rings. The smallest absolute Gasteiger partial charge is 0.248 e. The number of primary amides is 1. The van der Waals surface area contributed by atoms with Crippen molar-refractivity contribution in [1.29, 1.82) is 0 Å². The fourth-order valence-corrected chi connectivity index (χ4v) is 1.57. The van der Waals surface area contributed by atoms with E-state index in [0.717, 1.165) is 5.56 Å². The number of hydrogen-bond donors (Lipinski definition) is 1. The lowest BCUT2D eigenvalue weighted by Crippen LogP contribution is -2.11. The van der Waals surface area contributed by atoms with Crippen LogP contribution in [-0.2, 0) is 0 Å². The van der Waals surface area contributed by atoms with Gasteiger partial charge >= 0.3 is 0 Å². The number of hydrogen-bond acceptors (Lipinski definition) is 2. The van der Waals surface area contributed by atoms with E-state index in [4.69, 9.17) is 5.73 Å². The van der Waals surface area contributed by atoms with Crippen LogP contribution < -0.4 is 5.73 Å². The van der Waals surface area contributed by atoms with Gasteiger partial charge in [-0.1, -0.05) is 11.6 Å². The minimum Gasteiger partial charge on any atom is -0.366 e. The summed E-state index contributed by atoms with van der Waals surface area (Å²) in [5.41, 5.74) is 7.18. The van der Waals surface area contributed by atoms with Gasteiger partial charge in [0.1, 0.15) is 5.82 Å². The van der Waals surface area contributed by atoms with Gasteiger partial charge in [0.05, 0.1) is 5.69 Å². The molecule has 1 aromatic carbocycles. The molecule has 1 amide bonds. The van der Waals surface area contributed by atoms with Crippen LogP contribution in [0, 0.1) is 12.7 Å². The second-order valence-electron chi connectivity index (χ2n) is 3.78. The Kier molecular flexibility index (Phi) is 2.87. The summed E-state index contributed by atoms with van der Waals surface area (Å²) in [6.07, 6.45) is 1.44. The summed E-state index contributed by atoms with van der Waals surface area (Å²) in [5, 5.41) is 0. The highest BCUT2D eigenvalue weighted by molar-refractivity contribution is 5.93. The minimum atomic E-state index is -0.554. The van der Waals surface area contributed by atoms with Crippen LogP contribution in [-0.4, -0.2) is 10.9 Å². The summed E-state index contributed by atoms with van der Waals surface area (Å²) in [6, 6.07) is 7.72. The molecule has 2 rings (SSSR count). The van der Waals surface area contributed by atoms with Gasteiger partial charge in [-0.25, -0.2) is 4.39 Å². The third-order valence-electron chi connectivity index (χ3n) is 2.44. The van der Waals surface area contributed by atoms with E-state index < -0.39 is 5.91 Å². The van der Waals surface area contributed by atoms with Gasteiger partial charge < -0.3 is 5.73 Å². The average molecular weight is 230 g/mol. The predicted octanol–water partition coefficient (Wildman–Crippen LogP) is 2.30. The number of nitrogens with zero attached hydrogens (tertiary/aromatic N) is 1. The van der Waals surface area contributed by atoms with Crippen LogP contribution in [0.2, 0.25) is 0 Å². The molecule has 0 saturated heterocycles. The van der Waals surface area contributed by atoms with E-state index in [1.54, 1.807) is 12.1 Å². The molecule has 0 atom stereocenters. The van der Waals surface area contributed by atoms with E-state index in [2.05, 4.69) is 4.98 Å². The van der Waals surface area contributed by atoms with Crippen LogP contribution in [0.5, 0.6) is 0 Å². The van der Waals surface area contributed by atoms with Crippen molar-refractivity contribution in [3.8, 4) is 11.3 Å². The Labute approximate surface area is 98.1 Å². The number of carbonyl (C=O) groups is 1. The highest BCUT2D eigenvalue weighted by Gasteiger charge is 2.09. The summed E-state index contributed by atoms with van der Waals surface area (Å²) in [7, 11) is 0. The van der Waals surface area contributed by atoms with Gasteiger partial charge in [-0.3, -0.25) is 9.78 Å². The van der Waals surface area contributed by atoms with Gasteiger partial charge in [0.15, 0.2) is 0 Å². The Morgan fingerprint density at radius 2 is 2.06 bits per heavy atom. The van der Waals surface area contributed by atoms with E-state index in [1.807, 2.05) is 6.92 Å². The Balaban J connectivity index is 2.56. The highest BCUT2D eigenvalue weighted by Crippen LogP contribution is 2.22. The van der Waals surface area contributed by atoms with Gasteiger partial charge in [0.2, 0.25) is 5.91 Å². The summed E-state index contributed by atoms with van der Waals surface area (Å²) in [6.45, 7) is 1.86. The van der Waals surface area contributed by atoms with Gasteiger partial charge in [-0.05, 0) is 31.2 Å². The highest BCUT2D eigenvalue weighted by atomic mass is 19.1. The third-order valence-corrected chi connectivity index (χ3v) is 2.44. The van der Waals surface area contributed by atoms with Crippen molar-refractivity contribution in [2.24, 2.45) is 5.73 Å². The largest absolute Gasteiger partial charge is 0.366 e. The van der Waals surface area contributed by atoms with Crippen molar-refractivity contribution in [3.05, 3.63) is 53.5 Å². The molecule has 0 fully saturated rings. The molecule has 0 aliphatic heterocycles. The van der Waals surface area contributed by atoms with Gasteiger partial charge in [0, 0.05) is 17.3 Å². The fourth-order valence-electron chi connectivity index (χ4n) is 1.57. The fraction of sp³-hybridized carbons (Fsp3) is 0.0769. The molecule has 1 heterocycles. The summed E-state index contributed by atoms with van der Waals surface area (Å²) in [4.78, 5) is 15.1. The number of halogens is 1. The number of benzene rings is 1. The zero-order valence-corrected chi connectivity index (χ0v) is 9.27. The minimum absolute atomic E-state index is 0.316. The molecular formula is C13H11FN2O. The van der Waals surface area contributed by atoms with Gasteiger partial charge in [0.25, 0.3) is 0 Å². The van der Waals surface area contributed by atoms with E-state index >= 15 is 0 Å². The van der Waals surface area contributed by atoms with Crippen LogP contribution in [0.3, 0.4) is 0 Å². The average Bonchev–Trinajstić information content (AvgIpc) is 2.32. The standard InChI is InChI=1S/C13H11FN2O/c1-8-2-3-11(14)10(6-8)12-7-9(13(15)17)4-5-16-12/h2-7H,1H3,(H2,15,17). The quantitative estimate of drug-likeness (QED) is 0.860. The normalized spacial score (nSPS) is 10.2. The number of amides is 1. The number of aryl methyl sites for hydroxylation is 1. The summed E-state index contributed by atoms with van der Waals surface area (Å²) in [5.74, 6) is -0.925. The first-order valence-corrected chi connectivity index (χ1v) is 5.10. The maximum absolute atomic E-state index is 13.6. The van der Waals surface area contributed by atoms with Gasteiger partial charge in [-0.2, -0.15) is 0 Å². The molecule has 3 nitrogen and oxygen atoms in total. The van der Waals surface area contributed by atoms with E-state index in [0.29, 0.717) is 16.8 Å². The number of rotatable bonds is 2. The first kappa shape index (κ1) is 11.3. The molecule has 0 aliphatic rings. The molecule has 86 valence electrons. The monoisotopic (exact) mass is 230 g/mol. The Hall–Kier alpha value is -2.23. The zero-order valence-electron chi connectivity index (χ0n) is 9.27. The zero-order chi connectivity index (χ0) is 12.4. The first-order valence-electron chi connectivity index (χ1n) is 5.10. The second-order valence-corrected chi connectivity index (χ2v) is 3.78. The van der Waals surface area contributed by atoms with Crippen molar-refractivity contribution >= 4 is 5.91 Å². The van der Waals surface area contributed by atoms with E-state index in [9.17, 15) is 9.18 Å². The number of carbonyl (C=O) groups excluding carboxylic acids is 1. The lowest BCUT2D eigenvalue weighted by Gasteiger charge is -2.05. The van der Waals surface area contributed by atoms with Crippen molar-refractivity contribution in [2.45, 2.75) is 6.92 Å². The van der Waals surface area contributed by atoms with Crippen molar-refractivity contribution in [2.75, 3.05) is 0 Å². The van der Waals surface area contributed by atoms with Crippen molar-refractivity contribution in [1.82, 2.24) is 4.98 Å². The molecule has 4 heteroatoms. The number of pyridine rings is 1. The van der Waals surface area contributed by atoms with Crippen LogP contribution in [0.1, 0.15) is 15.9 Å². The van der Waals surface area contributed by atoms with Gasteiger partial charge in [-0.15, -0.1) is 0 Å². The lowest BCUT2D eigenvalue weighted by atomic mass is 10.1. The van der Waals surface area contributed by atoms with Crippen LogP contribution in [0.25, 0.3) is 11.3 Å². The molecule has 0 aliphatic carbocycles.